The number of carbonyl (C=O) groups is 1. The third-order valence-corrected chi connectivity index (χ3v) is 9.74. The second-order valence-corrected chi connectivity index (χ2v) is 11.1. The molecule has 5 aliphatic heterocycles. The molecule has 8 nitrogen and oxygen atoms in total. The van der Waals surface area contributed by atoms with E-state index in [9.17, 15) is 14.9 Å². The topological polar surface area (TPSA) is 88.3 Å². The number of fused-ring (bicyclic) bond motifs is 2. The highest BCUT2D eigenvalue weighted by Crippen LogP contribution is 2.66. The van der Waals surface area contributed by atoms with Crippen LogP contribution in [0, 0.1) is 22.0 Å². The van der Waals surface area contributed by atoms with E-state index >= 15 is 0 Å². The van der Waals surface area contributed by atoms with Gasteiger partial charge in [-0.25, -0.2) is 0 Å². The van der Waals surface area contributed by atoms with Crippen molar-refractivity contribution in [2.75, 3.05) is 24.6 Å². The Balaban J connectivity index is 1.25. The number of anilines is 1. The molecule has 2 bridgehead atoms. The monoisotopic (exact) mass is 482 g/mol. The van der Waals surface area contributed by atoms with Crippen molar-refractivity contribution in [1.29, 1.82) is 0 Å². The van der Waals surface area contributed by atoms with Crippen molar-refractivity contribution in [3.05, 3.63) is 75.4 Å². The summed E-state index contributed by atoms with van der Waals surface area (Å²) in [5.74, 6) is 0.998. The number of ether oxygens (including phenoxy) is 1. The number of piperidine rings is 2. The molecule has 5 heterocycles. The van der Waals surface area contributed by atoms with Crippen LogP contribution < -0.4 is 4.90 Å². The molecule has 6 aliphatic rings. The van der Waals surface area contributed by atoms with E-state index in [1.807, 2.05) is 12.1 Å². The normalized spacial score (nSPS) is 35.6. The Hall–Kier alpha value is -3.36. The van der Waals surface area contributed by atoms with Gasteiger partial charge < -0.3 is 9.64 Å². The van der Waals surface area contributed by atoms with Crippen molar-refractivity contribution in [3.63, 3.8) is 0 Å². The molecule has 0 aromatic heterocycles. The number of carbonyl (C=O) groups excluding carboxylic acids is 1. The van der Waals surface area contributed by atoms with Crippen LogP contribution in [-0.2, 0) is 14.9 Å². The summed E-state index contributed by atoms with van der Waals surface area (Å²) in [6.07, 6.45) is 6.60. The molecule has 36 heavy (non-hydrogen) atoms. The molecule has 1 spiro atoms. The molecular weight excluding hydrogens is 456 g/mol. The van der Waals surface area contributed by atoms with E-state index in [0.29, 0.717) is 36.5 Å². The number of hydrogen-bond acceptors (Lipinski definition) is 6. The van der Waals surface area contributed by atoms with Crippen molar-refractivity contribution in [2.24, 2.45) is 16.8 Å². The summed E-state index contributed by atoms with van der Waals surface area (Å²) in [6, 6.07) is 13.3. The lowest BCUT2D eigenvalue weighted by molar-refractivity contribution is -0.384. The van der Waals surface area contributed by atoms with Crippen LogP contribution in [0.3, 0.4) is 0 Å². The predicted molar refractivity (Wildman–Crippen MR) is 134 cm³/mol. The quantitative estimate of drug-likeness (QED) is 0.288. The van der Waals surface area contributed by atoms with E-state index in [1.165, 1.54) is 23.3 Å². The molecule has 8 heteroatoms. The summed E-state index contributed by atoms with van der Waals surface area (Å²) in [6.45, 7) is 2.68. The predicted octanol–water partition coefficient (Wildman–Crippen LogP) is 3.75. The molecule has 0 N–H and O–H groups in total. The summed E-state index contributed by atoms with van der Waals surface area (Å²) in [5.41, 5.74) is 5.26. The SMILES string of the molecule is O=C1C[C@@H]2OCC=C3CN4CC[C@@]56c7cc(N=Cc8cccc([N+](=O)[O-])c8)ccc7N1[C@@H]5[C@@H]2[C@@H]3C[C@@H]46. The third-order valence-electron chi connectivity index (χ3n) is 9.74. The van der Waals surface area contributed by atoms with Crippen LogP contribution in [0.2, 0.25) is 0 Å². The highest BCUT2D eigenvalue weighted by atomic mass is 16.6. The lowest BCUT2D eigenvalue weighted by Crippen LogP contribution is -2.69. The van der Waals surface area contributed by atoms with Gasteiger partial charge in [-0.05, 0) is 54.6 Å². The number of nitro groups is 1. The highest BCUT2D eigenvalue weighted by molar-refractivity contribution is 5.99. The lowest BCUT2D eigenvalue weighted by Gasteiger charge is -2.58. The molecule has 3 saturated heterocycles. The maximum atomic E-state index is 13.6. The van der Waals surface area contributed by atoms with Gasteiger partial charge >= 0.3 is 0 Å². The van der Waals surface area contributed by atoms with Crippen LogP contribution in [0.1, 0.15) is 30.4 Å². The largest absolute Gasteiger partial charge is 0.373 e. The number of aliphatic imine (C=N–C) groups is 1. The number of non-ortho nitro benzene ring substituents is 1. The fourth-order valence-electron chi connectivity index (χ4n) is 8.49. The minimum atomic E-state index is -0.392. The Morgan fingerprint density at radius 3 is 3.03 bits per heavy atom. The molecule has 2 aromatic carbocycles. The highest BCUT2D eigenvalue weighted by Gasteiger charge is 2.71. The molecular formula is C28H26N4O4. The third kappa shape index (κ3) is 2.56. The summed E-state index contributed by atoms with van der Waals surface area (Å²) >= 11 is 0. The van der Waals surface area contributed by atoms with Gasteiger partial charge in [-0.1, -0.05) is 23.8 Å². The van der Waals surface area contributed by atoms with Crippen molar-refractivity contribution >= 4 is 29.2 Å². The number of rotatable bonds is 3. The number of amides is 1. The molecule has 6 atom stereocenters. The van der Waals surface area contributed by atoms with Crippen LogP contribution in [0.5, 0.6) is 0 Å². The molecule has 8 rings (SSSR count). The first-order chi connectivity index (χ1) is 17.5. The van der Waals surface area contributed by atoms with Crippen LogP contribution in [0.15, 0.2) is 59.1 Å². The van der Waals surface area contributed by atoms with Crippen LogP contribution >= 0.6 is 0 Å². The maximum absolute atomic E-state index is 13.6. The first kappa shape index (κ1) is 20.8. The Morgan fingerprint density at radius 1 is 1.22 bits per heavy atom. The minimum Gasteiger partial charge on any atom is -0.373 e. The summed E-state index contributed by atoms with van der Waals surface area (Å²) in [7, 11) is 0. The van der Waals surface area contributed by atoms with Crippen LogP contribution in [-0.4, -0.2) is 59.8 Å². The molecule has 1 amide bonds. The second-order valence-electron chi connectivity index (χ2n) is 11.1. The van der Waals surface area contributed by atoms with Gasteiger partial charge in [-0.15, -0.1) is 0 Å². The van der Waals surface area contributed by atoms with Gasteiger partial charge in [0.05, 0.1) is 35.8 Å². The Kier molecular flexibility index (Phi) is 4.11. The van der Waals surface area contributed by atoms with Gasteiger partial charge in [-0.3, -0.25) is 24.8 Å². The zero-order valence-electron chi connectivity index (χ0n) is 19.7. The number of nitrogens with zero attached hydrogens (tertiary/aromatic N) is 4. The zero-order valence-corrected chi connectivity index (χ0v) is 19.7. The fourth-order valence-corrected chi connectivity index (χ4v) is 8.49. The van der Waals surface area contributed by atoms with Gasteiger partial charge in [0, 0.05) is 48.0 Å². The first-order valence-corrected chi connectivity index (χ1v) is 12.8. The molecule has 1 aliphatic carbocycles. The maximum Gasteiger partial charge on any atom is 0.270 e. The average Bonchev–Trinajstić information content (AvgIpc) is 3.35. The van der Waals surface area contributed by atoms with Gasteiger partial charge in [0.25, 0.3) is 5.69 Å². The van der Waals surface area contributed by atoms with Gasteiger partial charge in [0.2, 0.25) is 5.91 Å². The van der Waals surface area contributed by atoms with Gasteiger partial charge in [0.15, 0.2) is 0 Å². The standard InChI is InChI=1S/C28H26N4O4/c33-25-13-23-26-20-12-24-28(7-8-30(24)15-17(20)6-9-36-23)21-11-18(4-5-22(21)31(25)27(26)28)29-14-16-2-1-3-19(10-16)32(34)35/h1-6,10-11,14,20,23-24,26-27H,7-9,12-13,15H2/t20-,23+,24-,26-,27-,28+/m1/s1. The average molecular weight is 483 g/mol. The molecule has 4 fully saturated rings. The van der Waals surface area contributed by atoms with Crippen molar-refractivity contribution < 1.29 is 14.5 Å². The van der Waals surface area contributed by atoms with E-state index in [4.69, 9.17) is 9.73 Å². The van der Waals surface area contributed by atoms with E-state index in [1.54, 1.807) is 12.3 Å². The van der Waals surface area contributed by atoms with E-state index in [0.717, 1.165) is 37.3 Å². The van der Waals surface area contributed by atoms with Crippen molar-refractivity contribution in [2.45, 2.75) is 42.9 Å². The smallest absolute Gasteiger partial charge is 0.270 e. The lowest BCUT2D eigenvalue weighted by atomic mass is 9.53. The van der Waals surface area contributed by atoms with Crippen LogP contribution in [0.25, 0.3) is 0 Å². The summed E-state index contributed by atoms with van der Waals surface area (Å²) in [5, 5.41) is 11.1. The fraction of sp³-hybridized carbons (Fsp3) is 0.429. The summed E-state index contributed by atoms with van der Waals surface area (Å²) < 4.78 is 6.32. The van der Waals surface area contributed by atoms with E-state index < -0.39 is 4.92 Å². The van der Waals surface area contributed by atoms with Crippen molar-refractivity contribution in [3.8, 4) is 0 Å². The Bertz CT molecular complexity index is 1400. The van der Waals surface area contributed by atoms with Crippen LogP contribution in [0.4, 0.5) is 17.1 Å². The second kappa shape index (κ2) is 7.11. The van der Waals surface area contributed by atoms with E-state index in [-0.39, 0.29) is 29.2 Å². The van der Waals surface area contributed by atoms with E-state index in [2.05, 4.69) is 28.0 Å². The number of hydrogen-bond donors (Lipinski definition) is 0. The number of benzene rings is 2. The molecule has 2 aromatic rings. The first-order valence-electron chi connectivity index (χ1n) is 12.8. The zero-order chi connectivity index (χ0) is 24.2. The van der Waals surface area contributed by atoms with Gasteiger partial charge in [0.1, 0.15) is 0 Å². The molecule has 182 valence electrons. The Morgan fingerprint density at radius 2 is 2.14 bits per heavy atom. The minimum absolute atomic E-state index is 0.0110. The van der Waals surface area contributed by atoms with Gasteiger partial charge in [-0.2, -0.15) is 0 Å². The molecule has 0 radical (unpaired) electrons. The number of nitro benzene ring substituents is 1. The Labute approximate surface area is 208 Å². The van der Waals surface area contributed by atoms with Crippen molar-refractivity contribution in [1.82, 2.24) is 4.90 Å². The molecule has 1 saturated carbocycles. The summed E-state index contributed by atoms with van der Waals surface area (Å²) in [4.78, 5) is 33.8. The molecule has 0 unspecified atom stereocenters.